The van der Waals surface area contributed by atoms with Gasteiger partial charge in [0.25, 0.3) is 0 Å². The molecule has 108 valence electrons. The minimum atomic E-state index is -0.460. The lowest BCUT2D eigenvalue weighted by atomic mass is 9.86. The summed E-state index contributed by atoms with van der Waals surface area (Å²) in [6.07, 6.45) is 2.01. The number of nitrogens with zero attached hydrogens (tertiary/aromatic N) is 2. The third-order valence-electron chi connectivity index (χ3n) is 4.43. The zero-order valence-corrected chi connectivity index (χ0v) is 12.4. The summed E-state index contributed by atoms with van der Waals surface area (Å²) in [6, 6.07) is 9.34. The summed E-state index contributed by atoms with van der Waals surface area (Å²) in [5.74, 6) is 1.60. The molecule has 3 heteroatoms. The first-order chi connectivity index (χ1) is 9.60. The molecular weight excluding hydrogens is 248 g/mol. The van der Waals surface area contributed by atoms with E-state index < -0.39 is 6.10 Å². The molecule has 0 amide bonds. The summed E-state index contributed by atoms with van der Waals surface area (Å²) in [5, 5.41) is 19.1. The molecule has 1 N–H and O–H groups in total. The number of hydrogen-bond donors (Lipinski definition) is 1. The average Bonchev–Trinajstić information content (AvgIpc) is 2.48. The van der Waals surface area contributed by atoms with Crippen molar-refractivity contribution in [3.8, 4) is 6.07 Å². The Morgan fingerprint density at radius 1 is 1.25 bits per heavy atom. The number of nitriles is 1. The molecule has 1 aliphatic heterocycles. The molecule has 1 aromatic carbocycles. The van der Waals surface area contributed by atoms with E-state index in [-0.39, 0.29) is 0 Å². The van der Waals surface area contributed by atoms with E-state index in [0.717, 1.165) is 30.5 Å². The topological polar surface area (TPSA) is 47.3 Å². The van der Waals surface area contributed by atoms with Crippen LogP contribution in [0.4, 0.5) is 0 Å². The van der Waals surface area contributed by atoms with Gasteiger partial charge in [-0.15, -0.1) is 0 Å². The second-order valence-corrected chi connectivity index (χ2v) is 6.13. The van der Waals surface area contributed by atoms with Crippen LogP contribution >= 0.6 is 0 Å². The van der Waals surface area contributed by atoms with Crippen molar-refractivity contribution < 1.29 is 5.11 Å². The van der Waals surface area contributed by atoms with Crippen molar-refractivity contribution in [2.45, 2.75) is 32.8 Å². The van der Waals surface area contributed by atoms with Gasteiger partial charge in [-0.3, -0.25) is 0 Å². The predicted molar refractivity (Wildman–Crippen MR) is 80.1 cm³/mol. The number of aliphatic hydroxyl groups excluding tert-OH is 1. The number of piperidine rings is 1. The first-order valence-electron chi connectivity index (χ1n) is 7.50. The molecule has 1 heterocycles. The molecule has 0 bridgehead atoms. The molecule has 0 saturated carbocycles. The smallest absolute Gasteiger partial charge is 0.0991 e. The molecule has 0 aromatic heterocycles. The maximum atomic E-state index is 10.3. The first-order valence-corrected chi connectivity index (χ1v) is 7.50. The van der Waals surface area contributed by atoms with Crippen molar-refractivity contribution in [3.05, 3.63) is 35.4 Å². The fraction of sp³-hybridized carbons (Fsp3) is 0.588. The van der Waals surface area contributed by atoms with E-state index in [4.69, 9.17) is 5.26 Å². The number of rotatable bonds is 4. The lowest BCUT2D eigenvalue weighted by molar-refractivity contribution is 0.0818. The van der Waals surface area contributed by atoms with E-state index in [2.05, 4.69) is 24.8 Å². The standard InChI is InChI=1S/C17H24N2O/c1-13(2)15-7-9-19(10-8-15)12-17(20)16-5-3-14(11-18)4-6-16/h3-6,13,15,17,20H,7-10,12H2,1-2H3. The van der Waals surface area contributed by atoms with Gasteiger partial charge in [0.15, 0.2) is 0 Å². The molecule has 1 unspecified atom stereocenters. The highest BCUT2D eigenvalue weighted by Crippen LogP contribution is 2.25. The van der Waals surface area contributed by atoms with Gasteiger partial charge in [-0.05, 0) is 55.5 Å². The minimum Gasteiger partial charge on any atom is -0.387 e. The molecule has 0 aliphatic carbocycles. The molecule has 1 fully saturated rings. The highest BCUT2D eigenvalue weighted by Gasteiger charge is 2.23. The normalized spacial score (nSPS) is 18.9. The van der Waals surface area contributed by atoms with Gasteiger partial charge in [-0.1, -0.05) is 26.0 Å². The van der Waals surface area contributed by atoms with Gasteiger partial charge in [0.1, 0.15) is 0 Å². The molecule has 2 rings (SSSR count). The zero-order chi connectivity index (χ0) is 14.5. The van der Waals surface area contributed by atoms with Crippen molar-refractivity contribution >= 4 is 0 Å². The molecule has 1 saturated heterocycles. The molecule has 1 aromatic rings. The number of β-amino-alcohol motifs (C(OH)–C–C–N with tert-alkyl or cyclic N) is 1. The Balaban J connectivity index is 1.86. The van der Waals surface area contributed by atoms with Crippen molar-refractivity contribution in [2.24, 2.45) is 11.8 Å². The van der Waals surface area contributed by atoms with Gasteiger partial charge < -0.3 is 10.0 Å². The average molecular weight is 272 g/mol. The van der Waals surface area contributed by atoms with Gasteiger partial charge in [-0.25, -0.2) is 0 Å². The van der Waals surface area contributed by atoms with Crippen molar-refractivity contribution in [1.82, 2.24) is 4.90 Å². The molecule has 0 radical (unpaired) electrons. The quantitative estimate of drug-likeness (QED) is 0.916. The van der Waals surface area contributed by atoms with Crippen LogP contribution in [-0.4, -0.2) is 29.6 Å². The van der Waals surface area contributed by atoms with Crippen LogP contribution < -0.4 is 0 Å². The molecule has 0 spiro atoms. The summed E-state index contributed by atoms with van der Waals surface area (Å²) in [5.41, 5.74) is 1.54. The molecule has 1 aliphatic rings. The van der Waals surface area contributed by atoms with E-state index >= 15 is 0 Å². The molecular formula is C17H24N2O. The van der Waals surface area contributed by atoms with Gasteiger partial charge in [0.05, 0.1) is 17.7 Å². The van der Waals surface area contributed by atoms with Crippen LogP contribution in [-0.2, 0) is 0 Å². The first kappa shape index (κ1) is 15.0. The van der Waals surface area contributed by atoms with Gasteiger partial charge in [0, 0.05) is 6.54 Å². The van der Waals surface area contributed by atoms with E-state index in [1.54, 1.807) is 12.1 Å². The van der Waals surface area contributed by atoms with Crippen LogP contribution in [0.5, 0.6) is 0 Å². The third-order valence-corrected chi connectivity index (χ3v) is 4.43. The lowest BCUT2D eigenvalue weighted by Crippen LogP contribution is -2.37. The van der Waals surface area contributed by atoms with Crippen LogP contribution in [0.3, 0.4) is 0 Å². The summed E-state index contributed by atoms with van der Waals surface area (Å²) in [6.45, 7) is 7.45. The summed E-state index contributed by atoms with van der Waals surface area (Å²) in [7, 11) is 0. The SMILES string of the molecule is CC(C)C1CCN(CC(O)c2ccc(C#N)cc2)CC1. The Morgan fingerprint density at radius 3 is 2.35 bits per heavy atom. The fourth-order valence-corrected chi connectivity index (χ4v) is 2.93. The molecule has 3 nitrogen and oxygen atoms in total. The monoisotopic (exact) mass is 272 g/mol. The highest BCUT2D eigenvalue weighted by molar-refractivity contribution is 5.32. The minimum absolute atomic E-state index is 0.460. The largest absolute Gasteiger partial charge is 0.387 e. The third kappa shape index (κ3) is 3.82. The van der Waals surface area contributed by atoms with E-state index in [1.807, 2.05) is 12.1 Å². The Bertz CT molecular complexity index is 453. The van der Waals surface area contributed by atoms with Crippen LogP contribution in [0.1, 0.15) is 43.9 Å². The van der Waals surface area contributed by atoms with E-state index in [0.29, 0.717) is 12.1 Å². The lowest BCUT2D eigenvalue weighted by Gasteiger charge is -2.34. The number of likely N-dealkylation sites (tertiary alicyclic amines) is 1. The summed E-state index contributed by atoms with van der Waals surface area (Å²) < 4.78 is 0. The Kier molecular flexibility index (Phi) is 5.17. The fourth-order valence-electron chi connectivity index (χ4n) is 2.93. The Labute approximate surface area is 121 Å². The van der Waals surface area contributed by atoms with Gasteiger partial charge in [-0.2, -0.15) is 5.26 Å². The van der Waals surface area contributed by atoms with Crippen molar-refractivity contribution in [2.75, 3.05) is 19.6 Å². The van der Waals surface area contributed by atoms with Crippen LogP contribution in [0, 0.1) is 23.2 Å². The number of aliphatic hydroxyl groups is 1. The van der Waals surface area contributed by atoms with Crippen LogP contribution in [0.15, 0.2) is 24.3 Å². The molecule has 20 heavy (non-hydrogen) atoms. The van der Waals surface area contributed by atoms with Crippen LogP contribution in [0.2, 0.25) is 0 Å². The molecule has 1 atom stereocenters. The maximum absolute atomic E-state index is 10.3. The van der Waals surface area contributed by atoms with E-state index in [9.17, 15) is 5.11 Å². The second-order valence-electron chi connectivity index (χ2n) is 6.13. The number of benzene rings is 1. The predicted octanol–water partition coefficient (Wildman–Crippen LogP) is 2.96. The van der Waals surface area contributed by atoms with Gasteiger partial charge in [0.2, 0.25) is 0 Å². The number of hydrogen-bond acceptors (Lipinski definition) is 3. The van der Waals surface area contributed by atoms with Crippen molar-refractivity contribution in [3.63, 3.8) is 0 Å². The van der Waals surface area contributed by atoms with E-state index in [1.165, 1.54) is 12.8 Å². The Hall–Kier alpha value is -1.37. The van der Waals surface area contributed by atoms with Crippen molar-refractivity contribution in [1.29, 1.82) is 5.26 Å². The summed E-state index contributed by atoms with van der Waals surface area (Å²) in [4.78, 5) is 2.35. The highest BCUT2D eigenvalue weighted by atomic mass is 16.3. The maximum Gasteiger partial charge on any atom is 0.0991 e. The summed E-state index contributed by atoms with van der Waals surface area (Å²) >= 11 is 0. The second kappa shape index (κ2) is 6.88. The zero-order valence-electron chi connectivity index (χ0n) is 12.4. The Morgan fingerprint density at radius 2 is 1.85 bits per heavy atom. The van der Waals surface area contributed by atoms with Crippen LogP contribution in [0.25, 0.3) is 0 Å². The van der Waals surface area contributed by atoms with Gasteiger partial charge >= 0.3 is 0 Å².